The number of benzene rings is 2. The standard InChI is InChI=1S/C22H9Cl3O3S/c23-11-3-1-10(2-4-11)18-9-20-19(28-18)6-12(29-20)5-15-21(26)13-7-16(24)17(25)8-14(13)22(15)27/h1-9H. The minimum atomic E-state index is -0.351. The fourth-order valence-electron chi connectivity index (χ4n) is 3.27. The maximum absolute atomic E-state index is 12.7. The van der Waals surface area contributed by atoms with E-state index in [1.807, 2.05) is 24.3 Å². The first-order valence-corrected chi connectivity index (χ1v) is 10.5. The number of hydrogen-bond acceptors (Lipinski definition) is 4. The molecule has 3 nitrogen and oxygen atoms in total. The van der Waals surface area contributed by atoms with Gasteiger partial charge in [0.15, 0.2) is 11.6 Å². The maximum Gasteiger partial charge on any atom is 0.197 e. The van der Waals surface area contributed by atoms with E-state index in [0.29, 0.717) is 10.6 Å². The number of rotatable bonds is 2. The molecule has 1 aliphatic carbocycles. The first kappa shape index (κ1) is 18.6. The Balaban J connectivity index is 1.51. The Hall–Kier alpha value is -2.37. The maximum atomic E-state index is 12.7. The second-order valence-corrected chi connectivity index (χ2v) is 8.89. The summed E-state index contributed by atoms with van der Waals surface area (Å²) in [5.74, 6) is 0.0257. The van der Waals surface area contributed by atoms with E-state index in [2.05, 4.69) is 0 Å². The van der Waals surface area contributed by atoms with Gasteiger partial charge < -0.3 is 4.42 Å². The normalized spacial score (nSPS) is 13.4. The number of hydrogen-bond donors (Lipinski definition) is 0. The Bertz CT molecular complexity index is 1290. The van der Waals surface area contributed by atoms with Crippen molar-refractivity contribution >= 4 is 74.1 Å². The Morgan fingerprint density at radius 1 is 0.828 bits per heavy atom. The van der Waals surface area contributed by atoms with Gasteiger partial charge in [-0.15, -0.1) is 11.3 Å². The highest BCUT2D eigenvalue weighted by Gasteiger charge is 2.34. The Morgan fingerprint density at radius 3 is 2.03 bits per heavy atom. The van der Waals surface area contributed by atoms with E-state index < -0.39 is 0 Å². The number of fused-ring (bicyclic) bond motifs is 2. The molecule has 2 aromatic carbocycles. The fourth-order valence-corrected chi connectivity index (χ4v) is 4.69. The van der Waals surface area contributed by atoms with Gasteiger partial charge in [0, 0.05) is 32.7 Å². The summed E-state index contributed by atoms with van der Waals surface area (Å²) in [5, 5.41) is 1.15. The Morgan fingerprint density at radius 2 is 1.45 bits per heavy atom. The molecule has 5 rings (SSSR count). The molecule has 2 aromatic heterocycles. The molecule has 0 N–H and O–H groups in total. The van der Waals surface area contributed by atoms with Crippen molar-refractivity contribution in [1.29, 1.82) is 0 Å². The Labute approximate surface area is 184 Å². The molecule has 0 amide bonds. The molecular weight excluding hydrogens is 451 g/mol. The first-order chi connectivity index (χ1) is 13.9. The van der Waals surface area contributed by atoms with Crippen LogP contribution in [0.1, 0.15) is 25.6 Å². The second kappa shape index (κ2) is 6.85. The van der Waals surface area contributed by atoms with Gasteiger partial charge in [-0.3, -0.25) is 9.59 Å². The fraction of sp³-hybridized carbons (Fsp3) is 0. The SMILES string of the molecule is O=C1C(=Cc2cc3oc(-c4ccc(Cl)cc4)cc3s2)C(=O)c2cc(Cl)c(Cl)cc21. The highest BCUT2D eigenvalue weighted by atomic mass is 35.5. The van der Waals surface area contributed by atoms with Crippen LogP contribution >= 0.6 is 46.1 Å². The van der Waals surface area contributed by atoms with Crippen LogP contribution < -0.4 is 0 Å². The Kier molecular flexibility index (Phi) is 4.41. The van der Waals surface area contributed by atoms with E-state index in [-0.39, 0.29) is 38.3 Å². The molecule has 2 heterocycles. The van der Waals surface area contributed by atoms with E-state index >= 15 is 0 Å². The molecule has 7 heteroatoms. The third-order valence-corrected chi connectivity index (χ3v) is 6.66. The van der Waals surface area contributed by atoms with Crippen LogP contribution in [0.4, 0.5) is 0 Å². The van der Waals surface area contributed by atoms with E-state index in [0.717, 1.165) is 20.9 Å². The van der Waals surface area contributed by atoms with Crippen molar-refractivity contribution in [3.63, 3.8) is 0 Å². The van der Waals surface area contributed by atoms with E-state index in [1.165, 1.54) is 23.5 Å². The molecule has 0 atom stereocenters. The highest BCUT2D eigenvalue weighted by Crippen LogP contribution is 2.37. The third-order valence-electron chi connectivity index (χ3n) is 4.68. The molecule has 0 saturated carbocycles. The molecule has 0 fully saturated rings. The monoisotopic (exact) mass is 458 g/mol. The van der Waals surface area contributed by atoms with Gasteiger partial charge in [-0.2, -0.15) is 0 Å². The summed E-state index contributed by atoms with van der Waals surface area (Å²) in [5.41, 5.74) is 2.26. The number of thiophene rings is 1. The predicted octanol–water partition coefficient (Wildman–Crippen LogP) is 7.58. The second-order valence-electron chi connectivity index (χ2n) is 6.52. The lowest BCUT2D eigenvalue weighted by molar-refractivity contribution is 0.0990. The van der Waals surface area contributed by atoms with Gasteiger partial charge in [-0.25, -0.2) is 0 Å². The van der Waals surface area contributed by atoms with Crippen LogP contribution in [0.25, 0.3) is 27.7 Å². The minimum absolute atomic E-state index is 0.0974. The summed E-state index contributed by atoms with van der Waals surface area (Å²) in [6, 6.07) is 14.0. The van der Waals surface area contributed by atoms with Crippen LogP contribution in [0.3, 0.4) is 0 Å². The largest absolute Gasteiger partial charge is 0.455 e. The zero-order valence-electron chi connectivity index (χ0n) is 14.5. The van der Waals surface area contributed by atoms with Crippen LogP contribution in [0.15, 0.2) is 58.5 Å². The van der Waals surface area contributed by atoms with Crippen molar-refractivity contribution < 1.29 is 14.0 Å². The summed E-state index contributed by atoms with van der Waals surface area (Å²) in [7, 11) is 0. The molecular formula is C22H9Cl3O3S. The van der Waals surface area contributed by atoms with Crippen molar-refractivity contribution in [2.45, 2.75) is 0 Å². The molecule has 4 aromatic rings. The first-order valence-electron chi connectivity index (χ1n) is 8.50. The van der Waals surface area contributed by atoms with Crippen LogP contribution in [0, 0.1) is 0 Å². The van der Waals surface area contributed by atoms with Crippen molar-refractivity contribution in [2.75, 3.05) is 0 Å². The quantitative estimate of drug-likeness (QED) is 0.229. The summed E-state index contributed by atoms with van der Waals surface area (Å²) in [6.45, 7) is 0. The van der Waals surface area contributed by atoms with Gasteiger partial charge in [-0.05, 0) is 48.5 Å². The molecule has 0 spiro atoms. The lowest BCUT2D eigenvalue weighted by Crippen LogP contribution is -1.99. The zero-order chi connectivity index (χ0) is 20.3. The average Bonchev–Trinajstić information content (AvgIpc) is 3.31. The van der Waals surface area contributed by atoms with Crippen LogP contribution in [0.2, 0.25) is 15.1 Å². The highest BCUT2D eigenvalue weighted by molar-refractivity contribution is 7.19. The number of halogens is 3. The topological polar surface area (TPSA) is 47.3 Å². The number of furan rings is 1. The summed E-state index contributed by atoms with van der Waals surface area (Å²) in [4.78, 5) is 26.1. The molecule has 0 bridgehead atoms. The number of carbonyl (C=O) groups is 2. The molecule has 0 aliphatic heterocycles. The third kappa shape index (κ3) is 3.13. The molecule has 0 unspecified atom stereocenters. The predicted molar refractivity (Wildman–Crippen MR) is 118 cm³/mol. The van der Waals surface area contributed by atoms with Crippen LogP contribution in [-0.2, 0) is 0 Å². The lowest BCUT2D eigenvalue weighted by atomic mass is 10.1. The molecule has 29 heavy (non-hydrogen) atoms. The minimum Gasteiger partial charge on any atom is -0.455 e. The smallest absolute Gasteiger partial charge is 0.197 e. The molecule has 0 radical (unpaired) electrons. The number of Topliss-reactive ketones (excluding diaryl/α,β-unsaturated/α-hetero) is 2. The molecule has 142 valence electrons. The van der Waals surface area contributed by atoms with Crippen LogP contribution in [0.5, 0.6) is 0 Å². The molecule has 1 aliphatic rings. The van der Waals surface area contributed by atoms with Gasteiger partial charge in [0.05, 0.1) is 20.3 Å². The van der Waals surface area contributed by atoms with Gasteiger partial charge in [0.1, 0.15) is 11.3 Å². The number of ketones is 2. The van der Waals surface area contributed by atoms with Crippen LogP contribution in [-0.4, -0.2) is 11.6 Å². The lowest BCUT2D eigenvalue weighted by Gasteiger charge is -1.98. The van der Waals surface area contributed by atoms with E-state index in [1.54, 1.807) is 18.2 Å². The summed E-state index contributed by atoms with van der Waals surface area (Å²) < 4.78 is 6.84. The van der Waals surface area contributed by atoms with E-state index in [9.17, 15) is 9.59 Å². The van der Waals surface area contributed by atoms with E-state index in [4.69, 9.17) is 39.2 Å². The van der Waals surface area contributed by atoms with Gasteiger partial charge in [0.25, 0.3) is 0 Å². The number of carbonyl (C=O) groups excluding carboxylic acids is 2. The van der Waals surface area contributed by atoms with Crippen molar-refractivity contribution in [3.8, 4) is 11.3 Å². The summed E-state index contributed by atoms with van der Waals surface area (Å²) >= 11 is 19.4. The molecule has 0 saturated heterocycles. The average molecular weight is 460 g/mol. The van der Waals surface area contributed by atoms with Gasteiger partial charge in [-0.1, -0.05) is 34.8 Å². The van der Waals surface area contributed by atoms with Crippen molar-refractivity contribution in [1.82, 2.24) is 0 Å². The summed E-state index contributed by atoms with van der Waals surface area (Å²) in [6.07, 6.45) is 1.59. The zero-order valence-corrected chi connectivity index (χ0v) is 17.5. The number of allylic oxidation sites excluding steroid dienone is 1. The van der Waals surface area contributed by atoms with Gasteiger partial charge >= 0.3 is 0 Å². The van der Waals surface area contributed by atoms with Crippen molar-refractivity contribution in [2.24, 2.45) is 0 Å². The van der Waals surface area contributed by atoms with Crippen molar-refractivity contribution in [3.05, 3.63) is 85.2 Å². The van der Waals surface area contributed by atoms with Gasteiger partial charge in [0.2, 0.25) is 0 Å².